The molecule has 0 aliphatic carbocycles. The first-order valence-corrected chi connectivity index (χ1v) is 5.50. The number of rotatable bonds is 4. The highest BCUT2D eigenvalue weighted by Gasteiger charge is 2.18. The molecular formula is C10H11BrN2O3. The first-order chi connectivity index (χ1) is 7.54. The molecule has 1 rings (SSSR count). The Bertz CT molecular complexity index is 409. The number of carboxylic acid groups (broad SMARTS) is 1. The summed E-state index contributed by atoms with van der Waals surface area (Å²) in [6, 6.07) is 3.99. The van der Waals surface area contributed by atoms with Crippen LogP contribution in [0.2, 0.25) is 0 Å². The normalized spacial score (nSPS) is 11.9. The van der Waals surface area contributed by atoms with Crippen LogP contribution in [0.5, 0.6) is 0 Å². The van der Waals surface area contributed by atoms with Crippen molar-refractivity contribution in [1.29, 1.82) is 0 Å². The summed E-state index contributed by atoms with van der Waals surface area (Å²) in [5, 5.41) is 11.2. The zero-order valence-electron chi connectivity index (χ0n) is 8.61. The third-order valence-electron chi connectivity index (χ3n) is 1.96. The van der Waals surface area contributed by atoms with E-state index in [1.54, 1.807) is 19.1 Å². The minimum Gasteiger partial charge on any atom is -0.480 e. The third kappa shape index (κ3) is 3.30. The molecule has 0 aliphatic rings. The van der Waals surface area contributed by atoms with Crippen LogP contribution in [0.3, 0.4) is 0 Å². The lowest BCUT2D eigenvalue weighted by atomic mass is 10.2. The van der Waals surface area contributed by atoms with Gasteiger partial charge in [-0.3, -0.25) is 4.79 Å². The van der Waals surface area contributed by atoms with Crippen molar-refractivity contribution in [2.75, 3.05) is 0 Å². The number of hydrogen-bond donors (Lipinski definition) is 2. The maximum Gasteiger partial charge on any atom is 0.326 e. The van der Waals surface area contributed by atoms with Gasteiger partial charge in [0.15, 0.2) is 0 Å². The number of amides is 1. The van der Waals surface area contributed by atoms with Crippen LogP contribution < -0.4 is 5.32 Å². The fraction of sp³-hybridized carbons (Fsp3) is 0.300. The zero-order valence-corrected chi connectivity index (χ0v) is 10.2. The SMILES string of the molecule is CC[C@@H](NC(=O)c1cccc(Br)n1)C(=O)O. The molecule has 1 amide bonds. The van der Waals surface area contributed by atoms with Crippen molar-refractivity contribution in [2.45, 2.75) is 19.4 Å². The van der Waals surface area contributed by atoms with Gasteiger partial charge in [-0.25, -0.2) is 9.78 Å². The quantitative estimate of drug-likeness (QED) is 0.821. The number of pyridine rings is 1. The number of carbonyl (C=O) groups excluding carboxylic acids is 1. The maximum atomic E-state index is 11.6. The van der Waals surface area contributed by atoms with Gasteiger partial charge in [0.25, 0.3) is 5.91 Å². The van der Waals surface area contributed by atoms with E-state index >= 15 is 0 Å². The first kappa shape index (κ1) is 12.6. The first-order valence-electron chi connectivity index (χ1n) is 4.70. The number of nitrogens with one attached hydrogen (secondary N) is 1. The summed E-state index contributed by atoms with van der Waals surface area (Å²) in [6.45, 7) is 1.69. The molecule has 6 heteroatoms. The molecule has 0 radical (unpaired) electrons. The summed E-state index contributed by atoms with van der Waals surface area (Å²) in [4.78, 5) is 26.3. The topological polar surface area (TPSA) is 79.3 Å². The number of hydrogen-bond acceptors (Lipinski definition) is 3. The second kappa shape index (κ2) is 5.60. The van der Waals surface area contributed by atoms with Crippen LogP contribution in [0.1, 0.15) is 23.8 Å². The average molecular weight is 287 g/mol. The van der Waals surface area contributed by atoms with Crippen LogP contribution in [0.25, 0.3) is 0 Å². The number of carboxylic acids is 1. The largest absolute Gasteiger partial charge is 0.480 e. The number of nitrogens with zero attached hydrogens (tertiary/aromatic N) is 1. The van der Waals surface area contributed by atoms with Gasteiger partial charge in [-0.1, -0.05) is 13.0 Å². The summed E-state index contributed by atoms with van der Waals surface area (Å²) in [5.74, 6) is -1.54. The highest BCUT2D eigenvalue weighted by atomic mass is 79.9. The van der Waals surface area contributed by atoms with E-state index in [9.17, 15) is 9.59 Å². The van der Waals surface area contributed by atoms with Crippen molar-refractivity contribution in [3.8, 4) is 0 Å². The van der Waals surface area contributed by atoms with E-state index in [0.29, 0.717) is 11.0 Å². The van der Waals surface area contributed by atoms with E-state index in [-0.39, 0.29) is 5.69 Å². The van der Waals surface area contributed by atoms with E-state index in [2.05, 4.69) is 26.2 Å². The van der Waals surface area contributed by atoms with Crippen molar-refractivity contribution >= 4 is 27.8 Å². The Hall–Kier alpha value is -1.43. The van der Waals surface area contributed by atoms with Crippen LogP contribution >= 0.6 is 15.9 Å². The summed E-state index contributed by atoms with van der Waals surface area (Å²) >= 11 is 3.14. The molecule has 1 heterocycles. The van der Waals surface area contributed by atoms with E-state index in [0.717, 1.165) is 0 Å². The smallest absolute Gasteiger partial charge is 0.326 e. The lowest BCUT2D eigenvalue weighted by Gasteiger charge is -2.11. The molecule has 1 aromatic heterocycles. The van der Waals surface area contributed by atoms with Gasteiger partial charge >= 0.3 is 5.97 Å². The van der Waals surface area contributed by atoms with Crippen LogP contribution in [0, 0.1) is 0 Å². The van der Waals surface area contributed by atoms with Crippen molar-refractivity contribution < 1.29 is 14.7 Å². The molecule has 86 valence electrons. The van der Waals surface area contributed by atoms with Gasteiger partial charge in [0.1, 0.15) is 16.3 Å². The van der Waals surface area contributed by atoms with Gasteiger partial charge in [0, 0.05) is 0 Å². The lowest BCUT2D eigenvalue weighted by Crippen LogP contribution is -2.40. The van der Waals surface area contributed by atoms with Crippen molar-refractivity contribution in [2.24, 2.45) is 0 Å². The van der Waals surface area contributed by atoms with Crippen LogP contribution in [0.4, 0.5) is 0 Å². The Kier molecular flexibility index (Phi) is 4.42. The van der Waals surface area contributed by atoms with Gasteiger partial charge in [0.2, 0.25) is 0 Å². The Labute approximate surface area is 101 Å². The Morgan fingerprint density at radius 2 is 2.25 bits per heavy atom. The molecule has 2 N–H and O–H groups in total. The van der Waals surface area contributed by atoms with Crippen molar-refractivity contribution in [1.82, 2.24) is 10.3 Å². The van der Waals surface area contributed by atoms with Gasteiger partial charge in [0.05, 0.1) is 0 Å². The highest BCUT2D eigenvalue weighted by molar-refractivity contribution is 9.10. The number of carbonyl (C=O) groups is 2. The maximum absolute atomic E-state index is 11.6. The van der Waals surface area contributed by atoms with Gasteiger partial charge < -0.3 is 10.4 Å². The molecule has 16 heavy (non-hydrogen) atoms. The Morgan fingerprint density at radius 3 is 2.75 bits per heavy atom. The second-order valence-corrected chi connectivity index (χ2v) is 3.93. The highest BCUT2D eigenvalue weighted by Crippen LogP contribution is 2.06. The van der Waals surface area contributed by atoms with Crippen LogP contribution in [-0.4, -0.2) is 28.0 Å². The molecule has 0 aromatic carbocycles. The van der Waals surface area contributed by atoms with Crippen LogP contribution in [0.15, 0.2) is 22.8 Å². The van der Waals surface area contributed by atoms with Gasteiger partial charge in [-0.15, -0.1) is 0 Å². The zero-order chi connectivity index (χ0) is 12.1. The molecule has 0 saturated heterocycles. The predicted octanol–water partition coefficient (Wildman–Crippen LogP) is 1.44. The fourth-order valence-electron chi connectivity index (χ4n) is 1.11. The Morgan fingerprint density at radius 1 is 1.56 bits per heavy atom. The minimum atomic E-state index is -1.05. The van der Waals surface area contributed by atoms with Crippen molar-refractivity contribution in [3.63, 3.8) is 0 Å². The van der Waals surface area contributed by atoms with Crippen LogP contribution in [-0.2, 0) is 4.79 Å². The van der Waals surface area contributed by atoms with E-state index in [1.807, 2.05) is 0 Å². The number of halogens is 1. The number of aliphatic carboxylic acids is 1. The molecule has 0 aliphatic heterocycles. The van der Waals surface area contributed by atoms with E-state index < -0.39 is 17.9 Å². The molecule has 0 saturated carbocycles. The van der Waals surface area contributed by atoms with Gasteiger partial charge in [-0.05, 0) is 34.5 Å². The molecule has 0 spiro atoms. The molecule has 1 atom stereocenters. The van der Waals surface area contributed by atoms with Crippen molar-refractivity contribution in [3.05, 3.63) is 28.5 Å². The van der Waals surface area contributed by atoms with Gasteiger partial charge in [-0.2, -0.15) is 0 Å². The second-order valence-electron chi connectivity index (χ2n) is 3.12. The summed E-state index contributed by atoms with van der Waals surface area (Å²) in [6.07, 6.45) is 0.328. The fourth-order valence-corrected chi connectivity index (χ4v) is 1.45. The molecule has 0 unspecified atom stereocenters. The minimum absolute atomic E-state index is 0.189. The molecule has 5 nitrogen and oxygen atoms in total. The Balaban J connectivity index is 2.75. The molecular weight excluding hydrogens is 276 g/mol. The predicted molar refractivity (Wildman–Crippen MR) is 61.1 cm³/mol. The summed E-state index contributed by atoms with van der Waals surface area (Å²) < 4.78 is 0.531. The summed E-state index contributed by atoms with van der Waals surface area (Å²) in [5.41, 5.74) is 0.189. The lowest BCUT2D eigenvalue weighted by molar-refractivity contribution is -0.139. The average Bonchev–Trinajstić information content (AvgIpc) is 2.25. The molecule has 0 bridgehead atoms. The standard InChI is InChI=1S/C10H11BrN2O3/c1-2-6(10(15)16)13-9(14)7-4-3-5-8(11)12-7/h3-6H,2H2,1H3,(H,13,14)(H,15,16)/t6-/m1/s1. The monoisotopic (exact) mass is 286 g/mol. The number of aromatic nitrogens is 1. The summed E-state index contributed by atoms with van der Waals surface area (Å²) in [7, 11) is 0. The third-order valence-corrected chi connectivity index (χ3v) is 2.40. The molecule has 1 aromatic rings. The molecule has 0 fully saturated rings. The van der Waals surface area contributed by atoms with E-state index in [4.69, 9.17) is 5.11 Å². The van der Waals surface area contributed by atoms with E-state index in [1.165, 1.54) is 6.07 Å².